The lowest BCUT2D eigenvalue weighted by Gasteiger charge is -2.09. The van der Waals surface area contributed by atoms with Crippen LogP contribution in [0.5, 0.6) is 0 Å². The molecule has 0 saturated heterocycles. The van der Waals surface area contributed by atoms with Gasteiger partial charge in [-0.1, -0.05) is 35.1 Å². The lowest BCUT2D eigenvalue weighted by atomic mass is 10.3. The number of fused-ring (bicyclic) bond motifs is 1. The molecule has 18 heavy (non-hydrogen) atoms. The normalized spacial score (nSPS) is 12.8. The summed E-state index contributed by atoms with van der Waals surface area (Å²) in [5.74, 6) is 0. The van der Waals surface area contributed by atoms with Crippen LogP contribution in [0.1, 0.15) is 17.8 Å². The Morgan fingerprint density at radius 3 is 2.72 bits per heavy atom. The molecular weight excluding hydrogens is 284 g/mol. The van der Waals surface area contributed by atoms with Crippen molar-refractivity contribution >= 4 is 49.6 Å². The predicted molar refractivity (Wildman–Crippen MR) is 81.0 cm³/mol. The molecule has 0 aliphatic carbocycles. The van der Waals surface area contributed by atoms with Gasteiger partial charge in [-0.15, -0.1) is 11.3 Å². The van der Waals surface area contributed by atoms with Gasteiger partial charge in [0, 0.05) is 4.88 Å². The van der Waals surface area contributed by atoms with Gasteiger partial charge in [0.1, 0.15) is 0 Å². The van der Waals surface area contributed by atoms with Crippen LogP contribution in [0.25, 0.3) is 10.2 Å². The maximum Gasteiger partial charge on any atom is 0.184 e. The summed E-state index contributed by atoms with van der Waals surface area (Å²) in [5, 5.41) is 4.37. The highest BCUT2D eigenvalue weighted by Gasteiger charge is 2.10. The molecule has 0 fully saturated rings. The van der Waals surface area contributed by atoms with Crippen molar-refractivity contribution in [1.29, 1.82) is 0 Å². The first-order valence-electron chi connectivity index (χ1n) is 5.60. The first kappa shape index (κ1) is 12.0. The Morgan fingerprint density at radius 1 is 1.17 bits per heavy atom. The standard InChI is InChI=1S/C13H11ClN2S2/c1-8(10-6-7-12(14)17-10)15-13-16-9-4-2-3-5-11(9)18-13/h2-8H,1H3,(H,15,16). The Kier molecular flexibility index (Phi) is 3.24. The maximum atomic E-state index is 5.95. The number of anilines is 1. The molecule has 2 heterocycles. The Bertz CT molecular complexity index is 641. The van der Waals surface area contributed by atoms with E-state index >= 15 is 0 Å². The Balaban J connectivity index is 1.83. The Morgan fingerprint density at radius 2 is 2.00 bits per heavy atom. The number of hydrogen-bond donors (Lipinski definition) is 1. The molecule has 0 saturated carbocycles. The van der Waals surface area contributed by atoms with E-state index in [-0.39, 0.29) is 6.04 Å². The van der Waals surface area contributed by atoms with Gasteiger partial charge in [0.05, 0.1) is 20.6 Å². The third kappa shape index (κ3) is 2.36. The lowest BCUT2D eigenvalue weighted by Crippen LogP contribution is -2.03. The number of halogens is 1. The highest BCUT2D eigenvalue weighted by Crippen LogP contribution is 2.31. The van der Waals surface area contributed by atoms with E-state index in [1.54, 1.807) is 22.7 Å². The molecule has 1 atom stereocenters. The van der Waals surface area contributed by atoms with Gasteiger partial charge >= 0.3 is 0 Å². The summed E-state index contributed by atoms with van der Waals surface area (Å²) in [6.07, 6.45) is 0. The topological polar surface area (TPSA) is 24.9 Å². The van der Waals surface area contributed by atoms with Gasteiger partial charge in [-0.3, -0.25) is 0 Å². The second kappa shape index (κ2) is 4.88. The number of benzene rings is 1. The molecule has 0 aliphatic rings. The maximum absolute atomic E-state index is 5.95. The number of rotatable bonds is 3. The lowest BCUT2D eigenvalue weighted by molar-refractivity contribution is 0.905. The van der Waals surface area contributed by atoms with Crippen LogP contribution < -0.4 is 5.32 Å². The summed E-state index contributed by atoms with van der Waals surface area (Å²) in [6, 6.07) is 12.4. The summed E-state index contributed by atoms with van der Waals surface area (Å²) in [7, 11) is 0. The van der Waals surface area contributed by atoms with E-state index in [2.05, 4.69) is 29.4 Å². The third-order valence-electron chi connectivity index (χ3n) is 2.65. The largest absolute Gasteiger partial charge is 0.354 e. The molecule has 0 amide bonds. The number of nitrogens with one attached hydrogen (secondary N) is 1. The van der Waals surface area contributed by atoms with Crippen molar-refractivity contribution in [2.24, 2.45) is 0 Å². The summed E-state index contributed by atoms with van der Waals surface area (Å²) in [4.78, 5) is 5.79. The van der Waals surface area contributed by atoms with E-state index in [0.717, 1.165) is 15.0 Å². The molecule has 1 aromatic carbocycles. The third-order valence-corrected chi connectivity index (χ3v) is 5.04. The first-order chi connectivity index (χ1) is 8.72. The predicted octanol–water partition coefficient (Wildman–Crippen LogP) is 5.18. The van der Waals surface area contributed by atoms with Crippen molar-refractivity contribution < 1.29 is 0 Å². The molecule has 3 aromatic rings. The second-order valence-corrected chi connectivity index (χ2v) is 6.77. The van der Waals surface area contributed by atoms with E-state index in [9.17, 15) is 0 Å². The second-order valence-electron chi connectivity index (χ2n) is 3.99. The quantitative estimate of drug-likeness (QED) is 0.719. The van der Waals surface area contributed by atoms with Crippen LogP contribution in [-0.2, 0) is 0 Å². The minimum absolute atomic E-state index is 0.225. The highest BCUT2D eigenvalue weighted by atomic mass is 35.5. The van der Waals surface area contributed by atoms with Gasteiger partial charge in [0.15, 0.2) is 5.13 Å². The number of aromatic nitrogens is 1. The van der Waals surface area contributed by atoms with E-state index in [4.69, 9.17) is 11.6 Å². The van der Waals surface area contributed by atoms with Gasteiger partial charge in [-0.05, 0) is 31.2 Å². The zero-order valence-electron chi connectivity index (χ0n) is 9.68. The zero-order valence-corrected chi connectivity index (χ0v) is 12.1. The number of nitrogens with zero attached hydrogens (tertiary/aromatic N) is 1. The summed E-state index contributed by atoms with van der Waals surface area (Å²) >= 11 is 9.23. The van der Waals surface area contributed by atoms with E-state index in [1.165, 1.54) is 9.58 Å². The summed E-state index contributed by atoms with van der Waals surface area (Å²) in [6.45, 7) is 2.12. The van der Waals surface area contributed by atoms with Crippen molar-refractivity contribution in [3.05, 3.63) is 45.6 Å². The molecule has 1 N–H and O–H groups in total. The van der Waals surface area contributed by atoms with Gasteiger partial charge < -0.3 is 5.32 Å². The van der Waals surface area contributed by atoms with Crippen LogP contribution in [0.4, 0.5) is 5.13 Å². The zero-order chi connectivity index (χ0) is 12.5. The minimum Gasteiger partial charge on any atom is -0.354 e. The van der Waals surface area contributed by atoms with Gasteiger partial charge in [0.2, 0.25) is 0 Å². The fourth-order valence-corrected chi connectivity index (χ4v) is 3.77. The van der Waals surface area contributed by atoms with Crippen molar-refractivity contribution in [3.8, 4) is 0 Å². The van der Waals surface area contributed by atoms with Gasteiger partial charge in [0.25, 0.3) is 0 Å². The fraction of sp³-hybridized carbons (Fsp3) is 0.154. The number of thiophene rings is 1. The Labute approximate surface area is 118 Å². The molecule has 0 aliphatic heterocycles. The molecule has 2 aromatic heterocycles. The number of thiazole rings is 1. The average molecular weight is 295 g/mol. The SMILES string of the molecule is CC(Nc1nc2ccccc2s1)c1ccc(Cl)s1. The van der Waals surface area contributed by atoms with E-state index in [1.807, 2.05) is 24.3 Å². The molecule has 3 rings (SSSR count). The smallest absolute Gasteiger partial charge is 0.184 e. The van der Waals surface area contributed by atoms with Crippen molar-refractivity contribution in [2.75, 3.05) is 5.32 Å². The van der Waals surface area contributed by atoms with Crippen LogP contribution in [0.2, 0.25) is 4.34 Å². The van der Waals surface area contributed by atoms with Crippen molar-refractivity contribution in [1.82, 2.24) is 4.98 Å². The molecule has 0 radical (unpaired) electrons. The first-order valence-corrected chi connectivity index (χ1v) is 7.61. The molecular formula is C13H11ClN2S2. The van der Waals surface area contributed by atoms with Crippen molar-refractivity contribution in [3.63, 3.8) is 0 Å². The van der Waals surface area contributed by atoms with Gasteiger partial charge in [-0.25, -0.2) is 4.98 Å². The van der Waals surface area contributed by atoms with Crippen LogP contribution >= 0.6 is 34.3 Å². The summed E-state index contributed by atoms with van der Waals surface area (Å²) in [5.41, 5.74) is 1.04. The van der Waals surface area contributed by atoms with E-state index < -0.39 is 0 Å². The van der Waals surface area contributed by atoms with Gasteiger partial charge in [-0.2, -0.15) is 0 Å². The van der Waals surface area contributed by atoms with Crippen LogP contribution in [0, 0.1) is 0 Å². The minimum atomic E-state index is 0.225. The molecule has 5 heteroatoms. The summed E-state index contributed by atoms with van der Waals surface area (Å²) < 4.78 is 2.03. The average Bonchev–Trinajstić information content (AvgIpc) is 2.94. The molecule has 92 valence electrons. The van der Waals surface area contributed by atoms with E-state index in [0.29, 0.717) is 0 Å². The van der Waals surface area contributed by atoms with Crippen molar-refractivity contribution in [2.45, 2.75) is 13.0 Å². The highest BCUT2D eigenvalue weighted by molar-refractivity contribution is 7.22. The van der Waals surface area contributed by atoms with Crippen LogP contribution in [0.15, 0.2) is 36.4 Å². The monoisotopic (exact) mass is 294 g/mol. The number of para-hydroxylation sites is 1. The molecule has 0 bridgehead atoms. The Hall–Kier alpha value is -1.10. The molecule has 2 nitrogen and oxygen atoms in total. The number of hydrogen-bond acceptors (Lipinski definition) is 4. The van der Waals surface area contributed by atoms with Crippen LogP contribution in [-0.4, -0.2) is 4.98 Å². The molecule has 1 unspecified atom stereocenters. The van der Waals surface area contributed by atoms with Crippen LogP contribution in [0.3, 0.4) is 0 Å². The molecule has 0 spiro atoms. The fourth-order valence-electron chi connectivity index (χ4n) is 1.75.